The number of amides is 1. The zero-order valence-corrected chi connectivity index (χ0v) is 16.2. The van der Waals surface area contributed by atoms with Gasteiger partial charge in [-0.05, 0) is 54.9 Å². The molecule has 1 aromatic rings. The van der Waals surface area contributed by atoms with Crippen molar-refractivity contribution in [2.24, 2.45) is 0 Å². The van der Waals surface area contributed by atoms with Gasteiger partial charge in [0.15, 0.2) is 0 Å². The van der Waals surface area contributed by atoms with Crippen LogP contribution in [0.25, 0.3) is 0 Å². The average Bonchev–Trinajstić information content (AvgIpc) is 3.16. The summed E-state index contributed by atoms with van der Waals surface area (Å²) in [5.74, 6) is -0.138. The van der Waals surface area contributed by atoms with E-state index in [0.717, 1.165) is 36.2 Å². The minimum absolute atomic E-state index is 0.0810. The molecule has 1 atom stereocenters. The molecule has 0 saturated carbocycles. The van der Waals surface area contributed by atoms with Crippen LogP contribution < -0.4 is 0 Å². The summed E-state index contributed by atoms with van der Waals surface area (Å²) in [6, 6.07) is 12.3. The number of benzene rings is 1. The molecule has 0 radical (unpaired) electrons. The van der Waals surface area contributed by atoms with E-state index in [4.69, 9.17) is 0 Å². The Bertz CT molecular complexity index is 715. The fourth-order valence-electron chi connectivity index (χ4n) is 3.14. The normalized spacial score (nSPS) is 17.5. The van der Waals surface area contributed by atoms with E-state index in [1.807, 2.05) is 41.5 Å². The van der Waals surface area contributed by atoms with Crippen molar-refractivity contribution < 1.29 is 4.79 Å². The number of hydrogen-bond donors (Lipinski definition) is 0. The van der Waals surface area contributed by atoms with Gasteiger partial charge in [0, 0.05) is 6.54 Å². The van der Waals surface area contributed by atoms with Gasteiger partial charge in [-0.2, -0.15) is 5.26 Å². The summed E-state index contributed by atoms with van der Waals surface area (Å²) < 4.78 is 0. The fraction of sp³-hybridized carbons (Fsp3) is 0.364. The Kier molecular flexibility index (Phi) is 8.24. The average molecular weight is 367 g/mol. The first kappa shape index (κ1) is 20.1. The van der Waals surface area contributed by atoms with Crippen LogP contribution in [-0.4, -0.2) is 17.4 Å². The summed E-state index contributed by atoms with van der Waals surface area (Å²) >= 11 is 1.63. The highest BCUT2D eigenvalue weighted by molar-refractivity contribution is 8.05. The maximum Gasteiger partial charge on any atom is 0.264 e. The maximum atomic E-state index is 12.8. The van der Waals surface area contributed by atoms with Crippen LogP contribution in [0.4, 0.5) is 0 Å². The lowest BCUT2D eigenvalue weighted by Crippen LogP contribution is -2.31. The third-order valence-corrected chi connectivity index (χ3v) is 5.37. The monoisotopic (exact) mass is 366 g/mol. The van der Waals surface area contributed by atoms with Crippen molar-refractivity contribution in [1.29, 1.82) is 5.26 Å². The summed E-state index contributed by atoms with van der Waals surface area (Å²) in [5.41, 5.74) is 1.41. The third-order valence-electron chi connectivity index (χ3n) is 4.43. The van der Waals surface area contributed by atoms with E-state index < -0.39 is 0 Å². The molecule has 0 aromatic heterocycles. The van der Waals surface area contributed by atoms with Gasteiger partial charge in [0.1, 0.15) is 11.6 Å². The van der Waals surface area contributed by atoms with Gasteiger partial charge in [0.05, 0.1) is 6.04 Å². The molecule has 0 N–H and O–H groups in total. The van der Waals surface area contributed by atoms with Gasteiger partial charge >= 0.3 is 0 Å². The number of hydrogen-bond acceptors (Lipinski definition) is 3. The highest BCUT2D eigenvalue weighted by Gasteiger charge is 2.31. The van der Waals surface area contributed by atoms with E-state index in [9.17, 15) is 10.1 Å². The molecule has 2 rings (SSSR count). The zero-order valence-electron chi connectivity index (χ0n) is 15.4. The second-order valence-electron chi connectivity index (χ2n) is 6.32. The molecule has 0 bridgehead atoms. The first-order chi connectivity index (χ1) is 12.7. The maximum absolute atomic E-state index is 12.8. The quantitative estimate of drug-likeness (QED) is 0.334. The standard InChI is InChI=1S/C22H26N2OS/c1-3-16-26-18(2)10-7-8-13-20(17-23)22(25)24-15-9-14-21(24)19-11-5-4-6-12-19/h3-6,11-13,16,21H,2,7-10,14-15H2,1H3/b16-3-,20-13+. The lowest BCUT2D eigenvalue weighted by molar-refractivity contribution is -0.127. The Balaban J connectivity index is 1.95. The highest BCUT2D eigenvalue weighted by Crippen LogP contribution is 2.32. The number of rotatable bonds is 8. The van der Waals surface area contributed by atoms with Gasteiger partial charge in [0.25, 0.3) is 5.91 Å². The lowest BCUT2D eigenvalue weighted by Gasteiger charge is -2.24. The third kappa shape index (κ3) is 5.64. The molecular formula is C22H26N2OS. The van der Waals surface area contributed by atoms with Crippen molar-refractivity contribution in [3.63, 3.8) is 0 Å². The smallest absolute Gasteiger partial charge is 0.264 e. The van der Waals surface area contributed by atoms with Gasteiger partial charge in [-0.25, -0.2) is 0 Å². The first-order valence-corrected chi connectivity index (χ1v) is 9.97. The molecule has 0 spiro atoms. The Morgan fingerprint density at radius 2 is 2.19 bits per heavy atom. The first-order valence-electron chi connectivity index (χ1n) is 9.09. The molecule has 26 heavy (non-hydrogen) atoms. The second-order valence-corrected chi connectivity index (χ2v) is 7.40. The molecule has 1 unspecified atom stereocenters. The molecule has 3 nitrogen and oxygen atoms in total. The van der Waals surface area contributed by atoms with Crippen LogP contribution in [0.2, 0.25) is 0 Å². The summed E-state index contributed by atoms with van der Waals surface area (Å²) in [4.78, 5) is 15.8. The van der Waals surface area contributed by atoms with Crippen molar-refractivity contribution in [2.45, 2.75) is 45.1 Å². The zero-order chi connectivity index (χ0) is 18.8. The lowest BCUT2D eigenvalue weighted by atomic mass is 10.0. The number of thioether (sulfide) groups is 1. The van der Waals surface area contributed by atoms with Crippen LogP contribution in [0.3, 0.4) is 0 Å². The van der Waals surface area contributed by atoms with Crippen LogP contribution in [0.1, 0.15) is 50.6 Å². The van der Waals surface area contributed by atoms with Crippen molar-refractivity contribution in [3.8, 4) is 6.07 Å². The van der Waals surface area contributed by atoms with Gasteiger partial charge in [-0.3, -0.25) is 4.79 Å². The van der Waals surface area contributed by atoms with E-state index in [1.54, 1.807) is 17.8 Å². The van der Waals surface area contributed by atoms with Gasteiger partial charge in [-0.15, -0.1) is 11.8 Å². The summed E-state index contributed by atoms with van der Waals surface area (Å²) in [5, 5.41) is 11.5. The number of carbonyl (C=O) groups is 1. The van der Waals surface area contributed by atoms with Crippen molar-refractivity contribution in [3.05, 3.63) is 70.5 Å². The van der Waals surface area contributed by atoms with E-state index in [-0.39, 0.29) is 17.5 Å². The molecule has 1 aliphatic heterocycles. The van der Waals surface area contributed by atoms with Crippen LogP contribution in [0, 0.1) is 11.3 Å². The van der Waals surface area contributed by atoms with Crippen LogP contribution in [0.5, 0.6) is 0 Å². The van der Waals surface area contributed by atoms with Crippen molar-refractivity contribution in [2.75, 3.05) is 6.54 Å². The topological polar surface area (TPSA) is 44.1 Å². The molecule has 136 valence electrons. The largest absolute Gasteiger partial charge is 0.331 e. The number of nitriles is 1. The van der Waals surface area contributed by atoms with Crippen LogP contribution in [0.15, 0.2) is 64.9 Å². The van der Waals surface area contributed by atoms with E-state index in [0.29, 0.717) is 13.0 Å². The number of likely N-dealkylation sites (tertiary alicyclic amines) is 1. The van der Waals surface area contributed by atoms with Gasteiger partial charge in [0.2, 0.25) is 0 Å². The molecule has 1 fully saturated rings. The number of carbonyl (C=O) groups excluding carboxylic acids is 1. The molecule has 1 amide bonds. The summed E-state index contributed by atoms with van der Waals surface area (Å²) in [7, 11) is 0. The Morgan fingerprint density at radius 3 is 2.88 bits per heavy atom. The van der Waals surface area contributed by atoms with Gasteiger partial charge in [-0.1, -0.05) is 49.1 Å². The van der Waals surface area contributed by atoms with Crippen LogP contribution in [-0.2, 0) is 4.79 Å². The molecule has 1 heterocycles. The summed E-state index contributed by atoms with van der Waals surface area (Å²) in [6.07, 6.45) is 8.20. The fourth-order valence-corrected chi connectivity index (χ4v) is 3.73. The predicted molar refractivity (Wildman–Crippen MR) is 109 cm³/mol. The van der Waals surface area contributed by atoms with E-state index in [1.165, 1.54) is 0 Å². The van der Waals surface area contributed by atoms with Gasteiger partial charge < -0.3 is 4.90 Å². The number of unbranched alkanes of at least 4 members (excludes halogenated alkanes) is 1. The highest BCUT2D eigenvalue weighted by atomic mass is 32.2. The van der Waals surface area contributed by atoms with E-state index >= 15 is 0 Å². The van der Waals surface area contributed by atoms with Crippen LogP contribution >= 0.6 is 11.8 Å². The number of allylic oxidation sites excluding steroid dienone is 3. The number of nitrogens with zero attached hydrogens (tertiary/aromatic N) is 2. The van der Waals surface area contributed by atoms with Crippen molar-refractivity contribution in [1.82, 2.24) is 4.90 Å². The Hall–Kier alpha value is -2.25. The Labute approximate surface area is 161 Å². The molecule has 1 aliphatic rings. The molecular weight excluding hydrogens is 340 g/mol. The second kappa shape index (κ2) is 10.7. The Morgan fingerprint density at radius 1 is 1.42 bits per heavy atom. The minimum atomic E-state index is -0.138. The van der Waals surface area contributed by atoms with E-state index in [2.05, 4.69) is 24.8 Å². The molecule has 4 heteroatoms. The summed E-state index contributed by atoms with van der Waals surface area (Å²) in [6.45, 7) is 6.72. The molecule has 1 saturated heterocycles. The molecule has 0 aliphatic carbocycles. The SMILES string of the molecule is C=C(CCC/C=C(\C#N)C(=O)N1CCCC1c1ccccc1)S/C=C\C. The molecule has 1 aromatic carbocycles. The minimum Gasteiger partial charge on any atom is -0.331 e. The predicted octanol–water partition coefficient (Wildman–Crippen LogP) is 5.75. The van der Waals surface area contributed by atoms with Crippen molar-refractivity contribution >= 4 is 17.7 Å².